The lowest BCUT2D eigenvalue weighted by Crippen LogP contribution is -2.40. The number of carbonyl (C=O) groups excluding carboxylic acids is 1. The zero-order valence-electron chi connectivity index (χ0n) is 13.0. The molecule has 8 heteroatoms. The third-order valence-corrected chi connectivity index (χ3v) is 4.06. The van der Waals surface area contributed by atoms with E-state index >= 15 is 0 Å². The van der Waals surface area contributed by atoms with Gasteiger partial charge < -0.3 is 9.42 Å². The van der Waals surface area contributed by atoms with Gasteiger partial charge in [-0.2, -0.15) is 18.2 Å². The third-order valence-electron chi connectivity index (χ3n) is 4.06. The quantitative estimate of drug-likeness (QED) is 0.841. The molecule has 1 fully saturated rings. The molecule has 1 aromatic carbocycles. The minimum Gasteiger partial charge on any atom is -0.339 e. The van der Waals surface area contributed by atoms with Gasteiger partial charge in [-0.05, 0) is 31.9 Å². The van der Waals surface area contributed by atoms with Crippen molar-refractivity contribution in [2.75, 3.05) is 13.1 Å². The number of hydrogen-bond donors (Lipinski definition) is 0. The van der Waals surface area contributed by atoms with Crippen LogP contribution in [0.1, 0.15) is 46.4 Å². The number of rotatable bonds is 2. The van der Waals surface area contributed by atoms with E-state index in [1.807, 2.05) is 0 Å². The second-order valence-electron chi connectivity index (χ2n) is 5.81. The summed E-state index contributed by atoms with van der Waals surface area (Å²) >= 11 is 0. The monoisotopic (exact) mass is 339 g/mol. The number of likely N-dealkylation sites (tertiary alicyclic amines) is 1. The summed E-state index contributed by atoms with van der Waals surface area (Å²) in [6.07, 6.45) is -3.14. The maximum atomic E-state index is 13.1. The van der Waals surface area contributed by atoms with E-state index < -0.39 is 17.6 Å². The Morgan fingerprint density at radius 1 is 1.33 bits per heavy atom. The van der Waals surface area contributed by atoms with Crippen molar-refractivity contribution in [2.45, 2.75) is 31.9 Å². The fraction of sp³-hybridized carbons (Fsp3) is 0.438. The van der Waals surface area contributed by atoms with Crippen LogP contribution in [0.25, 0.3) is 0 Å². The zero-order chi connectivity index (χ0) is 17.3. The molecule has 3 rings (SSSR count). The highest BCUT2D eigenvalue weighted by Crippen LogP contribution is 2.33. The number of nitrogens with zero attached hydrogens (tertiary/aromatic N) is 3. The molecule has 1 amide bonds. The fourth-order valence-corrected chi connectivity index (χ4v) is 2.93. The highest BCUT2D eigenvalue weighted by atomic mass is 19.4. The molecule has 1 aliphatic rings. The molecule has 5 nitrogen and oxygen atoms in total. The summed E-state index contributed by atoms with van der Waals surface area (Å²) < 4.78 is 44.5. The number of piperidine rings is 1. The van der Waals surface area contributed by atoms with E-state index in [-0.39, 0.29) is 18.0 Å². The summed E-state index contributed by atoms with van der Waals surface area (Å²) in [4.78, 5) is 18.2. The van der Waals surface area contributed by atoms with Gasteiger partial charge in [-0.1, -0.05) is 17.3 Å². The molecular formula is C16H16F3N3O2. The predicted molar refractivity (Wildman–Crippen MR) is 78.4 cm³/mol. The van der Waals surface area contributed by atoms with E-state index in [0.29, 0.717) is 24.7 Å². The second kappa shape index (κ2) is 6.26. The van der Waals surface area contributed by atoms with Crippen LogP contribution < -0.4 is 0 Å². The number of benzene rings is 1. The van der Waals surface area contributed by atoms with Crippen molar-refractivity contribution < 1.29 is 22.5 Å². The summed E-state index contributed by atoms with van der Waals surface area (Å²) in [7, 11) is 0. The van der Waals surface area contributed by atoms with Crippen LogP contribution in [0.15, 0.2) is 28.8 Å². The minimum absolute atomic E-state index is 0.151. The number of carbonyl (C=O) groups is 1. The fourth-order valence-electron chi connectivity index (χ4n) is 2.93. The van der Waals surface area contributed by atoms with Crippen LogP contribution in [0, 0.1) is 6.92 Å². The summed E-state index contributed by atoms with van der Waals surface area (Å²) in [5.41, 5.74) is -1.24. The largest absolute Gasteiger partial charge is 0.417 e. The third kappa shape index (κ3) is 3.27. The van der Waals surface area contributed by atoms with Crippen LogP contribution in [0.4, 0.5) is 13.2 Å². The van der Waals surface area contributed by atoms with Crippen molar-refractivity contribution in [1.29, 1.82) is 0 Å². The van der Waals surface area contributed by atoms with Gasteiger partial charge in [0.25, 0.3) is 5.91 Å². The number of amides is 1. The molecule has 1 saturated heterocycles. The molecule has 0 saturated carbocycles. The molecule has 0 radical (unpaired) electrons. The molecule has 0 aliphatic carbocycles. The van der Waals surface area contributed by atoms with E-state index in [2.05, 4.69) is 10.1 Å². The minimum atomic E-state index is -4.56. The van der Waals surface area contributed by atoms with E-state index in [4.69, 9.17) is 4.52 Å². The maximum absolute atomic E-state index is 13.1. The van der Waals surface area contributed by atoms with E-state index in [1.54, 1.807) is 6.92 Å². The van der Waals surface area contributed by atoms with Crippen LogP contribution in [-0.2, 0) is 6.18 Å². The molecule has 2 heterocycles. The molecule has 1 aliphatic heterocycles. The average Bonchev–Trinajstić information content (AvgIpc) is 3.00. The highest BCUT2D eigenvalue weighted by molar-refractivity contribution is 5.96. The lowest BCUT2D eigenvalue weighted by Gasteiger charge is -2.31. The number of aryl methyl sites for hydroxylation is 1. The van der Waals surface area contributed by atoms with E-state index in [9.17, 15) is 18.0 Å². The van der Waals surface area contributed by atoms with E-state index in [0.717, 1.165) is 12.5 Å². The maximum Gasteiger partial charge on any atom is 0.417 e. The van der Waals surface area contributed by atoms with Crippen LogP contribution in [0.2, 0.25) is 0 Å². The number of aromatic nitrogens is 2. The van der Waals surface area contributed by atoms with Gasteiger partial charge in [0, 0.05) is 13.1 Å². The number of halogens is 3. The summed E-state index contributed by atoms with van der Waals surface area (Å²) in [5.74, 6) is 0.149. The van der Waals surface area contributed by atoms with Gasteiger partial charge in [-0.15, -0.1) is 0 Å². The van der Waals surface area contributed by atoms with Gasteiger partial charge in [0.15, 0.2) is 5.82 Å². The summed E-state index contributed by atoms with van der Waals surface area (Å²) in [6, 6.07) is 4.85. The lowest BCUT2D eigenvalue weighted by atomic mass is 9.96. The molecular weight excluding hydrogens is 323 g/mol. The van der Waals surface area contributed by atoms with Crippen LogP contribution in [-0.4, -0.2) is 34.0 Å². The normalized spacial score (nSPS) is 18.7. The molecule has 2 aromatic rings. The Morgan fingerprint density at radius 2 is 2.08 bits per heavy atom. The Kier molecular flexibility index (Phi) is 4.29. The molecule has 0 N–H and O–H groups in total. The Hall–Kier alpha value is -2.38. The average molecular weight is 339 g/mol. The zero-order valence-corrected chi connectivity index (χ0v) is 13.0. The molecule has 24 heavy (non-hydrogen) atoms. The Balaban J connectivity index is 1.83. The first-order valence-corrected chi connectivity index (χ1v) is 7.62. The SMILES string of the molecule is Cc1noc(C2CCCN(C(=O)c3ccccc3C(F)(F)F)C2)n1. The van der Waals surface area contributed by atoms with Crippen LogP contribution in [0.5, 0.6) is 0 Å². The van der Waals surface area contributed by atoms with Crippen LogP contribution in [0.3, 0.4) is 0 Å². The molecule has 128 valence electrons. The first-order valence-electron chi connectivity index (χ1n) is 7.62. The Bertz CT molecular complexity index is 742. The van der Waals surface area contributed by atoms with Crippen molar-refractivity contribution in [2.24, 2.45) is 0 Å². The lowest BCUT2D eigenvalue weighted by molar-refractivity contribution is -0.138. The van der Waals surface area contributed by atoms with Gasteiger partial charge in [-0.3, -0.25) is 4.79 Å². The molecule has 1 aromatic heterocycles. The first-order chi connectivity index (χ1) is 11.4. The Labute approximate surface area is 136 Å². The van der Waals surface area contributed by atoms with Crippen molar-refractivity contribution in [3.05, 3.63) is 47.1 Å². The Morgan fingerprint density at radius 3 is 2.75 bits per heavy atom. The number of alkyl halides is 3. The molecule has 1 atom stereocenters. The summed E-state index contributed by atoms with van der Waals surface area (Å²) in [5, 5.41) is 3.73. The topological polar surface area (TPSA) is 59.2 Å². The van der Waals surface area contributed by atoms with Gasteiger partial charge in [0.2, 0.25) is 5.89 Å². The van der Waals surface area contributed by atoms with Crippen molar-refractivity contribution >= 4 is 5.91 Å². The standard InChI is InChI=1S/C16H16F3N3O2/c1-10-20-14(24-21-10)11-5-4-8-22(9-11)15(23)12-6-2-3-7-13(12)16(17,18)19/h2-3,6-7,11H,4-5,8-9H2,1H3. The van der Waals surface area contributed by atoms with Gasteiger partial charge >= 0.3 is 6.18 Å². The van der Waals surface area contributed by atoms with Gasteiger partial charge in [0.1, 0.15) is 0 Å². The highest BCUT2D eigenvalue weighted by Gasteiger charge is 2.37. The van der Waals surface area contributed by atoms with Crippen molar-refractivity contribution in [3.8, 4) is 0 Å². The summed E-state index contributed by atoms with van der Waals surface area (Å²) in [6.45, 7) is 2.37. The van der Waals surface area contributed by atoms with Gasteiger partial charge in [0.05, 0.1) is 17.0 Å². The van der Waals surface area contributed by atoms with E-state index in [1.165, 1.54) is 23.1 Å². The van der Waals surface area contributed by atoms with Crippen LogP contribution >= 0.6 is 0 Å². The van der Waals surface area contributed by atoms with Crippen molar-refractivity contribution in [3.63, 3.8) is 0 Å². The number of hydrogen-bond acceptors (Lipinski definition) is 4. The second-order valence-corrected chi connectivity index (χ2v) is 5.81. The smallest absolute Gasteiger partial charge is 0.339 e. The van der Waals surface area contributed by atoms with Gasteiger partial charge in [-0.25, -0.2) is 0 Å². The molecule has 0 spiro atoms. The molecule has 1 unspecified atom stereocenters. The first kappa shape index (κ1) is 16.5. The molecule has 0 bridgehead atoms. The van der Waals surface area contributed by atoms with Crippen molar-refractivity contribution in [1.82, 2.24) is 15.0 Å². The predicted octanol–water partition coefficient (Wildman–Crippen LogP) is 3.42.